The Bertz CT molecular complexity index is 871. The van der Waals surface area contributed by atoms with Crippen molar-refractivity contribution in [1.29, 1.82) is 0 Å². The number of benzene rings is 2. The molecule has 0 aromatic heterocycles. The van der Waals surface area contributed by atoms with Crippen molar-refractivity contribution in [2.24, 2.45) is 0 Å². The second-order valence-corrected chi connectivity index (χ2v) is 5.99. The standard InChI is InChI=1S/C19H16N2O4/c1-2-25-19(24)16-9-11-7-8-12(10-15(11)20-16)21-17(22)13-5-3-4-6-14(13)18(21)23/h3-8,10,16,20H,2,9H2,1H3/t16-/m0/s1. The van der Waals surface area contributed by atoms with E-state index in [9.17, 15) is 14.4 Å². The van der Waals surface area contributed by atoms with Crippen LogP contribution in [0.5, 0.6) is 0 Å². The molecule has 0 spiro atoms. The number of hydrogen-bond acceptors (Lipinski definition) is 5. The van der Waals surface area contributed by atoms with Gasteiger partial charge in [0.25, 0.3) is 11.8 Å². The molecule has 2 aromatic carbocycles. The maximum atomic E-state index is 12.6. The molecule has 0 radical (unpaired) electrons. The second-order valence-electron chi connectivity index (χ2n) is 5.99. The van der Waals surface area contributed by atoms with Crippen LogP contribution in [-0.2, 0) is 16.0 Å². The van der Waals surface area contributed by atoms with E-state index in [1.807, 2.05) is 6.07 Å². The third-order valence-electron chi connectivity index (χ3n) is 4.47. The summed E-state index contributed by atoms with van der Waals surface area (Å²) < 4.78 is 5.04. The summed E-state index contributed by atoms with van der Waals surface area (Å²) in [7, 11) is 0. The Morgan fingerprint density at radius 1 is 1.16 bits per heavy atom. The minimum Gasteiger partial charge on any atom is -0.464 e. The number of nitrogens with one attached hydrogen (secondary N) is 1. The van der Waals surface area contributed by atoms with Gasteiger partial charge >= 0.3 is 5.97 Å². The highest BCUT2D eigenvalue weighted by molar-refractivity contribution is 6.34. The molecule has 6 nitrogen and oxygen atoms in total. The van der Waals surface area contributed by atoms with Gasteiger partial charge in [0, 0.05) is 12.1 Å². The average Bonchev–Trinajstić information content (AvgIpc) is 3.15. The van der Waals surface area contributed by atoms with Crippen LogP contribution >= 0.6 is 0 Å². The van der Waals surface area contributed by atoms with E-state index >= 15 is 0 Å². The Morgan fingerprint density at radius 3 is 2.48 bits per heavy atom. The van der Waals surface area contributed by atoms with Gasteiger partial charge in [0.1, 0.15) is 6.04 Å². The number of fused-ring (bicyclic) bond motifs is 2. The number of nitrogens with zero attached hydrogens (tertiary/aromatic N) is 1. The van der Waals surface area contributed by atoms with Crippen LogP contribution in [0.15, 0.2) is 42.5 Å². The summed E-state index contributed by atoms with van der Waals surface area (Å²) in [5, 5.41) is 3.11. The molecule has 2 aromatic rings. The van der Waals surface area contributed by atoms with Crippen molar-refractivity contribution >= 4 is 29.2 Å². The maximum absolute atomic E-state index is 12.6. The van der Waals surface area contributed by atoms with E-state index in [4.69, 9.17) is 4.74 Å². The summed E-state index contributed by atoms with van der Waals surface area (Å²) in [6, 6.07) is 11.6. The molecule has 0 aliphatic carbocycles. The highest BCUT2D eigenvalue weighted by Gasteiger charge is 2.37. The maximum Gasteiger partial charge on any atom is 0.328 e. The van der Waals surface area contributed by atoms with Crippen LogP contribution in [0.1, 0.15) is 33.2 Å². The van der Waals surface area contributed by atoms with Gasteiger partial charge in [-0.1, -0.05) is 18.2 Å². The summed E-state index contributed by atoms with van der Waals surface area (Å²) >= 11 is 0. The molecule has 6 heteroatoms. The quantitative estimate of drug-likeness (QED) is 0.688. The third kappa shape index (κ3) is 2.38. The average molecular weight is 336 g/mol. The number of carbonyl (C=O) groups excluding carboxylic acids is 3. The van der Waals surface area contributed by atoms with Crippen molar-refractivity contribution in [2.45, 2.75) is 19.4 Å². The molecule has 2 aliphatic rings. The van der Waals surface area contributed by atoms with Crippen LogP contribution in [0, 0.1) is 0 Å². The first kappa shape index (κ1) is 15.4. The number of esters is 1. The van der Waals surface area contributed by atoms with E-state index in [0.29, 0.717) is 29.8 Å². The molecule has 0 bridgehead atoms. The van der Waals surface area contributed by atoms with Gasteiger partial charge in [0.05, 0.1) is 23.4 Å². The molecule has 4 rings (SSSR count). The van der Waals surface area contributed by atoms with Gasteiger partial charge < -0.3 is 10.1 Å². The number of ether oxygens (including phenoxy) is 1. The van der Waals surface area contributed by atoms with E-state index in [0.717, 1.165) is 11.3 Å². The first-order valence-electron chi connectivity index (χ1n) is 8.14. The predicted molar refractivity (Wildman–Crippen MR) is 91.8 cm³/mol. The lowest BCUT2D eigenvalue weighted by atomic mass is 10.1. The van der Waals surface area contributed by atoms with E-state index in [2.05, 4.69) is 5.32 Å². The fourth-order valence-electron chi connectivity index (χ4n) is 3.28. The van der Waals surface area contributed by atoms with Crippen LogP contribution in [0.3, 0.4) is 0 Å². The third-order valence-corrected chi connectivity index (χ3v) is 4.47. The molecule has 0 unspecified atom stereocenters. The Morgan fingerprint density at radius 2 is 1.84 bits per heavy atom. The SMILES string of the molecule is CCOC(=O)[C@@H]1Cc2ccc(N3C(=O)c4ccccc4C3=O)cc2N1. The Balaban J connectivity index is 1.63. The number of imide groups is 1. The van der Waals surface area contributed by atoms with E-state index in [1.165, 1.54) is 4.90 Å². The first-order valence-corrected chi connectivity index (χ1v) is 8.14. The molecule has 126 valence electrons. The summed E-state index contributed by atoms with van der Waals surface area (Å²) in [6.07, 6.45) is 0.524. The lowest BCUT2D eigenvalue weighted by Crippen LogP contribution is -2.29. The lowest BCUT2D eigenvalue weighted by molar-refractivity contribution is -0.143. The van der Waals surface area contributed by atoms with Gasteiger partial charge in [0.2, 0.25) is 0 Å². The molecule has 0 saturated carbocycles. The molecule has 2 aliphatic heterocycles. The number of hydrogen-bond donors (Lipinski definition) is 1. The fraction of sp³-hybridized carbons (Fsp3) is 0.211. The number of anilines is 2. The molecule has 2 heterocycles. The number of amides is 2. The van der Waals surface area contributed by atoms with Gasteiger partial charge in [-0.3, -0.25) is 9.59 Å². The Hall–Kier alpha value is -3.15. The lowest BCUT2D eigenvalue weighted by Gasteiger charge is -2.15. The highest BCUT2D eigenvalue weighted by Crippen LogP contribution is 2.34. The van der Waals surface area contributed by atoms with Crippen molar-refractivity contribution in [1.82, 2.24) is 0 Å². The minimum absolute atomic E-state index is 0.305. The van der Waals surface area contributed by atoms with Crippen LogP contribution in [0.25, 0.3) is 0 Å². The summed E-state index contributed by atoms with van der Waals surface area (Å²) in [6.45, 7) is 2.09. The van der Waals surface area contributed by atoms with Gasteiger partial charge in [-0.05, 0) is 36.8 Å². The molecular weight excluding hydrogens is 320 g/mol. The van der Waals surface area contributed by atoms with Crippen molar-refractivity contribution in [3.05, 3.63) is 59.2 Å². The zero-order chi connectivity index (χ0) is 17.6. The molecule has 1 atom stereocenters. The predicted octanol–water partition coefficient (Wildman–Crippen LogP) is 2.39. The molecule has 0 fully saturated rings. The van der Waals surface area contributed by atoms with Crippen LogP contribution < -0.4 is 10.2 Å². The molecule has 2 amide bonds. The molecular formula is C19H16N2O4. The van der Waals surface area contributed by atoms with Crippen molar-refractivity contribution in [3.63, 3.8) is 0 Å². The first-order chi connectivity index (χ1) is 12.1. The van der Waals surface area contributed by atoms with Gasteiger partial charge in [-0.15, -0.1) is 0 Å². The van der Waals surface area contributed by atoms with Crippen LogP contribution in [0.4, 0.5) is 11.4 Å². The highest BCUT2D eigenvalue weighted by atomic mass is 16.5. The zero-order valence-electron chi connectivity index (χ0n) is 13.6. The number of rotatable bonds is 3. The Labute approximate surface area is 144 Å². The summed E-state index contributed by atoms with van der Waals surface area (Å²) in [5.41, 5.74) is 3.00. The summed E-state index contributed by atoms with van der Waals surface area (Å²) in [5.74, 6) is -0.970. The molecule has 1 N–H and O–H groups in total. The van der Waals surface area contributed by atoms with E-state index in [-0.39, 0.29) is 17.8 Å². The topological polar surface area (TPSA) is 75.7 Å². The summed E-state index contributed by atoms with van der Waals surface area (Å²) in [4.78, 5) is 38.2. The van der Waals surface area contributed by atoms with Gasteiger partial charge in [-0.2, -0.15) is 0 Å². The van der Waals surface area contributed by atoms with Crippen molar-refractivity contribution < 1.29 is 19.1 Å². The Kier molecular flexibility index (Phi) is 3.53. The smallest absolute Gasteiger partial charge is 0.328 e. The van der Waals surface area contributed by atoms with Crippen LogP contribution in [0.2, 0.25) is 0 Å². The normalized spacial score (nSPS) is 18.0. The molecule has 25 heavy (non-hydrogen) atoms. The monoisotopic (exact) mass is 336 g/mol. The largest absolute Gasteiger partial charge is 0.464 e. The van der Waals surface area contributed by atoms with E-state index < -0.39 is 6.04 Å². The second kappa shape index (κ2) is 5.73. The minimum atomic E-state index is -0.438. The van der Waals surface area contributed by atoms with Gasteiger partial charge in [-0.25, -0.2) is 9.69 Å². The van der Waals surface area contributed by atoms with E-state index in [1.54, 1.807) is 43.3 Å². The molecule has 0 saturated heterocycles. The zero-order valence-corrected chi connectivity index (χ0v) is 13.6. The van der Waals surface area contributed by atoms with Crippen molar-refractivity contribution in [2.75, 3.05) is 16.8 Å². The number of carbonyl (C=O) groups is 3. The van der Waals surface area contributed by atoms with Crippen molar-refractivity contribution in [3.8, 4) is 0 Å². The van der Waals surface area contributed by atoms with Crippen LogP contribution in [-0.4, -0.2) is 30.4 Å². The van der Waals surface area contributed by atoms with Gasteiger partial charge in [0.15, 0.2) is 0 Å². The fourth-order valence-corrected chi connectivity index (χ4v) is 3.28.